The van der Waals surface area contributed by atoms with Gasteiger partial charge < -0.3 is 23.7 Å². The Labute approximate surface area is 320 Å². The number of rotatable bonds is 13. The SMILES string of the molecule is CCOC(=O)/C(Cl)=C/c1cc(N2C(=O)C3=C(CCCC3)C2=O)ccc1Cl.COCCOc1ccccc1S(=O)(=O)NC(=O)Nc1nc(OC)nc(OC)n1. The number of ether oxygens (including phenoxy) is 5. The lowest BCUT2D eigenvalue weighted by Gasteiger charge is -2.16. The molecule has 0 spiro atoms. The van der Waals surface area contributed by atoms with Crippen LogP contribution in [0.1, 0.15) is 38.2 Å². The summed E-state index contributed by atoms with van der Waals surface area (Å²) in [5.41, 5.74) is 2.04. The molecule has 17 nitrogen and oxygen atoms in total. The fourth-order valence-electron chi connectivity index (χ4n) is 5.06. The second-order valence-corrected chi connectivity index (χ2v) is 13.5. The van der Waals surface area contributed by atoms with Crippen LogP contribution in [0.15, 0.2) is 63.5 Å². The maximum Gasteiger partial charge on any atom is 0.349 e. The molecule has 1 aliphatic carbocycles. The number of hydrogen-bond acceptors (Lipinski definition) is 14. The summed E-state index contributed by atoms with van der Waals surface area (Å²) < 4.78 is 51.7. The van der Waals surface area contributed by atoms with Gasteiger partial charge in [-0.25, -0.2) is 27.6 Å². The van der Waals surface area contributed by atoms with Gasteiger partial charge in [-0.05, 0) is 74.6 Å². The number of carbonyl (C=O) groups excluding carboxylic acids is 4. The second kappa shape index (κ2) is 19.2. The minimum Gasteiger partial charge on any atom is -0.490 e. The number of sulfonamides is 1. The van der Waals surface area contributed by atoms with Gasteiger partial charge in [-0.2, -0.15) is 9.97 Å². The number of hydrogen-bond donors (Lipinski definition) is 2. The first-order valence-electron chi connectivity index (χ1n) is 16.2. The first-order valence-corrected chi connectivity index (χ1v) is 18.4. The monoisotopic (exact) mass is 806 g/mol. The van der Waals surface area contributed by atoms with Crippen molar-refractivity contribution < 1.29 is 51.3 Å². The Morgan fingerprint density at radius 1 is 0.926 bits per heavy atom. The van der Waals surface area contributed by atoms with Crippen molar-refractivity contribution in [3.63, 3.8) is 0 Å². The van der Waals surface area contributed by atoms with Gasteiger partial charge in [0.15, 0.2) is 0 Å². The molecule has 0 saturated heterocycles. The molecule has 0 radical (unpaired) electrons. The number of para-hydroxylation sites is 1. The molecular weight excluding hydrogens is 771 g/mol. The highest BCUT2D eigenvalue weighted by Crippen LogP contribution is 2.37. The summed E-state index contributed by atoms with van der Waals surface area (Å²) in [6, 6.07) is 9.25. The predicted molar refractivity (Wildman–Crippen MR) is 196 cm³/mol. The van der Waals surface area contributed by atoms with Crippen molar-refractivity contribution in [1.29, 1.82) is 0 Å². The van der Waals surface area contributed by atoms with Gasteiger partial charge in [-0.15, -0.1) is 4.98 Å². The summed E-state index contributed by atoms with van der Waals surface area (Å²) in [6.07, 6.45) is 4.45. The summed E-state index contributed by atoms with van der Waals surface area (Å²) in [5, 5.41) is 2.38. The summed E-state index contributed by atoms with van der Waals surface area (Å²) in [4.78, 5) is 61.4. The van der Waals surface area contributed by atoms with E-state index in [-0.39, 0.29) is 65.3 Å². The van der Waals surface area contributed by atoms with E-state index in [1.165, 1.54) is 50.5 Å². The number of nitrogens with zero attached hydrogens (tertiary/aromatic N) is 4. The molecule has 288 valence electrons. The van der Waals surface area contributed by atoms with Crippen molar-refractivity contribution in [2.24, 2.45) is 0 Å². The maximum atomic E-state index is 12.7. The van der Waals surface area contributed by atoms with Crippen LogP contribution >= 0.6 is 23.2 Å². The number of amides is 4. The van der Waals surface area contributed by atoms with E-state index in [1.807, 2.05) is 4.72 Å². The number of anilines is 2. The molecule has 0 atom stereocenters. The molecular formula is C34H36Cl2N6O11S. The van der Waals surface area contributed by atoms with Crippen molar-refractivity contribution in [3.8, 4) is 17.8 Å². The van der Waals surface area contributed by atoms with Crippen LogP contribution < -0.4 is 29.1 Å². The van der Waals surface area contributed by atoms with Gasteiger partial charge in [0.25, 0.3) is 21.8 Å². The van der Waals surface area contributed by atoms with Crippen LogP contribution in [0.5, 0.6) is 17.8 Å². The molecule has 0 unspecified atom stereocenters. The Bertz CT molecular complexity index is 2030. The predicted octanol–water partition coefficient (Wildman–Crippen LogP) is 4.65. The fourth-order valence-corrected chi connectivity index (χ4v) is 6.46. The van der Waals surface area contributed by atoms with E-state index in [2.05, 4.69) is 20.3 Å². The Morgan fingerprint density at radius 3 is 2.15 bits per heavy atom. The molecule has 1 aromatic heterocycles. The summed E-state index contributed by atoms with van der Waals surface area (Å²) in [7, 11) is -0.133. The Balaban J connectivity index is 0.000000241. The zero-order valence-corrected chi connectivity index (χ0v) is 31.8. The number of nitrogens with one attached hydrogen (secondary N) is 2. The summed E-state index contributed by atoms with van der Waals surface area (Å²) in [6.45, 7) is 2.28. The number of aromatic nitrogens is 3. The highest BCUT2D eigenvalue weighted by Gasteiger charge is 2.39. The molecule has 2 heterocycles. The van der Waals surface area contributed by atoms with Crippen molar-refractivity contribution in [1.82, 2.24) is 19.7 Å². The summed E-state index contributed by atoms with van der Waals surface area (Å²) in [5.74, 6) is -1.41. The minimum atomic E-state index is -4.24. The lowest BCUT2D eigenvalue weighted by molar-refractivity contribution is -0.137. The van der Waals surface area contributed by atoms with E-state index in [9.17, 15) is 27.6 Å². The average molecular weight is 808 g/mol. The van der Waals surface area contributed by atoms with Crippen LogP contribution in [0.25, 0.3) is 6.08 Å². The minimum absolute atomic E-state index is 0.0725. The lowest BCUT2D eigenvalue weighted by atomic mass is 9.93. The van der Waals surface area contributed by atoms with Gasteiger partial charge in [0, 0.05) is 23.3 Å². The van der Waals surface area contributed by atoms with Crippen molar-refractivity contribution in [2.75, 3.05) is 51.4 Å². The molecule has 2 aromatic carbocycles. The number of halogens is 2. The second-order valence-electron chi connectivity index (χ2n) is 11.0. The smallest absolute Gasteiger partial charge is 0.349 e. The molecule has 3 aromatic rings. The molecule has 1 aliphatic heterocycles. The van der Waals surface area contributed by atoms with Crippen molar-refractivity contribution >= 4 is 74.8 Å². The van der Waals surface area contributed by atoms with Crippen LogP contribution in [-0.2, 0) is 33.9 Å². The van der Waals surface area contributed by atoms with Gasteiger partial charge in [0.1, 0.15) is 22.3 Å². The number of carbonyl (C=O) groups is 4. The van der Waals surface area contributed by atoms with E-state index < -0.39 is 22.0 Å². The van der Waals surface area contributed by atoms with E-state index >= 15 is 0 Å². The van der Waals surface area contributed by atoms with Crippen LogP contribution in [0.3, 0.4) is 0 Å². The van der Waals surface area contributed by atoms with Crippen LogP contribution in [0.2, 0.25) is 5.02 Å². The number of methoxy groups -OCH3 is 3. The molecule has 4 amide bonds. The normalized spacial score (nSPS) is 14.1. The summed E-state index contributed by atoms with van der Waals surface area (Å²) >= 11 is 12.1. The van der Waals surface area contributed by atoms with Gasteiger partial charge in [0.2, 0.25) is 5.95 Å². The average Bonchev–Trinajstić information content (AvgIpc) is 3.41. The zero-order chi connectivity index (χ0) is 39.4. The standard InChI is InChI=1S/C19H17Cl2NO4.C15H19N5O7S/c1-2-26-19(25)16(21)10-11-9-12(7-8-15(11)20)22-17(23)13-5-3-4-6-14(13)18(22)24;1-24-8-9-27-10-6-4-5-7-11(10)28(22,23)20-13(21)16-12-17-14(25-2)19-15(18-12)26-3/h7-10H,2-6H2,1H3;4-7H,8-9H2,1-3H3,(H2,16,17,18,19,20,21)/b16-10-;. The molecule has 0 fully saturated rings. The number of benzene rings is 2. The number of urea groups is 1. The molecule has 2 N–H and O–H groups in total. The molecule has 0 saturated carbocycles. The Morgan fingerprint density at radius 2 is 1.56 bits per heavy atom. The van der Waals surface area contributed by atoms with Crippen LogP contribution in [0.4, 0.5) is 16.4 Å². The fraction of sp³-hybridized carbons (Fsp3) is 0.324. The van der Waals surface area contributed by atoms with Crippen molar-refractivity contribution in [3.05, 3.63) is 69.2 Å². The third-order valence-corrected chi connectivity index (χ3v) is 9.45. The van der Waals surface area contributed by atoms with Gasteiger partial charge >= 0.3 is 24.0 Å². The lowest BCUT2D eigenvalue weighted by Crippen LogP contribution is -2.35. The molecule has 54 heavy (non-hydrogen) atoms. The topological polar surface area (TPSA) is 215 Å². The van der Waals surface area contributed by atoms with E-state index in [1.54, 1.807) is 31.2 Å². The maximum absolute atomic E-state index is 12.7. The van der Waals surface area contributed by atoms with E-state index in [0.29, 0.717) is 40.3 Å². The highest BCUT2D eigenvalue weighted by atomic mass is 35.5. The molecule has 0 bridgehead atoms. The van der Waals surface area contributed by atoms with E-state index in [4.69, 9.17) is 46.9 Å². The highest BCUT2D eigenvalue weighted by molar-refractivity contribution is 7.90. The molecule has 2 aliphatic rings. The van der Waals surface area contributed by atoms with Gasteiger partial charge in [0.05, 0.1) is 33.1 Å². The Hall–Kier alpha value is -5.30. The largest absolute Gasteiger partial charge is 0.490 e. The third kappa shape index (κ3) is 10.4. The van der Waals surface area contributed by atoms with Gasteiger partial charge in [-0.3, -0.25) is 14.9 Å². The Kier molecular flexibility index (Phi) is 14.7. The van der Waals surface area contributed by atoms with Gasteiger partial charge in [-0.1, -0.05) is 35.3 Å². The zero-order valence-electron chi connectivity index (χ0n) is 29.5. The first-order chi connectivity index (χ1) is 25.8. The van der Waals surface area contributed by atoms with Crippen LogP contribution in [-0.4, -0.2) is 88.3 Å². The van der Waals surface area contributed by atoms with E-state index in [0.717, 1.165) is 12.8 Å². The molecule has 5 rings (SSSR count). The quantitative estimate of drug-likeness (QED) is 0.104. The molecule has 20 heteroatoms. The first kappa shape index (κ1) is 41.5. The van der Waals surface area contributed by atoms with Crippen LogP contribution in [0, 0.1) is 0 Å². The number of imide groups is 1. The third-order valence-electron chi connectivity index (χ3n) is 7.48. The number of esters is 1. The van der Waals surface area contributed by atoms with Crippen molar-refractivity contribution in [2.45, 2.75) is 37.5 Å².